The minimum Gasteiger partial charge on any atom is -0.340 e. The summed E-state index contributed by atoms with van der Waals surface area (Å²) in [5.41, 5.74) is 0.889. The topological polar surface area (TPSA) is 20.3 Å². The van der Waals surface area contributed by atoms with Gasteiger partial charge in [0.05, 0.1) is 6.42 Å². The molecule has 3 heteroatoms. The zero-order valence-electron chi connectivity index (χ0n) is 11.6. The van der Waals surface area contributed by atoms with E-state index in [1.807, 2.05) is 11.8 Å². The molecule has 1 aromatic rings. The third-order valence-corrected chi connectivity index (χ3v) is 3.95. The van der Waals surface area contributed by atoms with Gasteiger partial charge in [0.2, 0.25) is 5.91 Å². The molecule has 1 aromatic carbocycles. The molecule has 0 aromatic heterocycles. The number of hydrogen-bond acceptors (Lipinski definition) is 1. The summed E-state index contributed by atoms with van der Waals surface area (Å²) in [4.78, 5) is 14.4. The van der Waals surface area contributed by atoms with Gasteiger partial charge in [0.15, 0.2) is 0 Å². The van der Waals surface area contributed by atoms with Gasteiger partial charge in [-0.25, -0.2) is 4.39 Å². The van der Waals surface area contributed by atoms with Gasteiger partial charge in [-0.3, -0.25) is 4.79 Å². The van der Waals surface area contributed by atoms with Crippen LogP contribution < -0.4 is 0 Å². The minimum absolute atomic E-state index is 0.168. The van der Waals surface area contributed by atoms with Crippen LogP contribution >= 0.6 is 0 Å². The minimum atomic E-state index is -0.254. The largest absolute Gasteiger partial charge is 0.340 e. The number of carbonyl (C=O) groups excluding carboxylic acids is 1. The van der Waals surface area contributed by atoms with E-state index in [-0.39, 0.29) is 11.7 Å². The quantitative estimate of drug-likeness (QED) is 0.813. The zero-order chi connectivity index (χ0) is 13.7. The molecule has 0 aliphatic heterocycles. The lowest BCUT2D eigenvalue weighted by Gasteiger charge is -2.33. The molecule has 0 N–H and O–H groups in total. The van der Waals surface area contributed by atoms with Crippen LogP contribution in [0.4, 0.5) is 4.39 Å². The lowest BCUT2D eigenvalue weighted by molar-refractivity contribution is -0.133. The molecule has 0 unspecified atom stereocenters. The van der Waals surface area contributed by atoms with E-state index in [0.29, 0.717) is 12.5 Å². The van der Waals surface area contributed by atoms with Crippen molar-refractivity contribution in [3.05, 3.63) is 35.6 Å². The van der Waals surface area contributed by atoms with E-state index in [1.165, 1.54) is 31.4 Å². The van der Waals surface area contributed by atoms with E-state index in [4.69, 9.17) is 0 Å². The molecule has 0 radical (unpaired) electrons. The third-order valence-electron chi connectivity index (χ3n) is 3.95. The van der Waals surface area contributed by atoms with Crippen LogP contribution in [-0.2, 0) is 11.2 Å². The average molecular weight is 263 g/mol. The second-order valence-corrected chi connectivity index (χ2v) is 5.27. The standard InChI is InChI=1S/C16H22FNO/c1-2-18(15-6-4-3-5-7-15)16(19)12-13-8-10-14(17)11-9-13/h8-11,15H,2-7,12H2,1H3. The Morgan fingerprint density at radius 3 is 2.42 bits per heavy atom. The zero-order valence-corrected chi connectivity index (χ0v) is 11.6. The van der Waals surface area contributed by atoms with Crippen LogP contribution in [0.2, 0.25) is 0 Å². The van der Waals surface area contributed by atoms with Crippen molar-refractivity contribution in [2.75, 3.05) is 6.54 Å². The summed E-state index contributed by atoms with van der Waals surface area (Å²) < 4.78 is 12.8. The van der Waals surface area contributed by atoms with Gasteiger partial charge >= 0.3 is 0 Å². The van der Waals surface area contributed by atoms with Gasteiger partial charge in [-0.15, -0.1) is 0 Å². The highest BCUT2D eigenvalue weighted by Gasteiger charge is 2.23. The number of amides is 1. The number of hydrogen-bond donors (Lipinski definition) is 0. The molecular formula is C16H22FNO. The molecule has 1 aliphatic carbocycles. The van der Waals surface area contributed by atoms with Crippen molar-refractivity contribution in [2.24, 2.45) is 0 Å². The molecule has 0 heterocycles. The molecule has 2 rings (SSSR count). The Labute approximate surface area is 114 Å². The lowest BCUT2D eigenvalue weighted by atomic mass is 9.94. The highest BCUT2D eigenvalue weighted by Crippen LogP contribution is 2.23. The first-order valence-electron chi connectivity index (χ1n) is 7.24. The van der Waals surface area contributed by atoms with Gasteiger partial charge in [0.25, 0.3) is 0 Å². The molecule has 1 aliphatic rings. The molecule has 1 fully saturated rings. The summed E-state index contributed by atoms with van der Waals surface area (Å²) in [7, 11) is 0. The van der Waals surface area contributed by atoms with Gasteiger partial charge in [-0.2, -0.15) is 0 Å². The summed E-state index contributed by atoms with van der Waals surface area (Å²) in [6.45, 7) is 2.81. The Bertz CT molecular complexity index is 409. The van der Waals surface area contributed by atoms with E-state index >= 15 is 0 Å². The van der Waals surface area contributed by atoms with Gasteiger partial charge in [-0.05, 0) is 37.5 Å². The van der Waals surface area contributed by atoms with Gasteiger partial charge < -0.3 is 4.90 Å². The molecule has 2 nitrogen and oxygen atoms in total. The smallest absolute Gasteiger partial charge is 0.227 e. The maximum Gasteiger partial charge on any atom is 0.227 e. The van der Waals surface area contributed by atoms with Crippen LogP contribution in [0.1, 0.15) is 44.6 Å². The van der Waals surface area contributed by atoms with E-state index in [1.54, 1.807) is 12.1 Å². The first-order valence-corrected chi connectivity index (χ1v) is 7.24. The Morgan fingerprint density at radius 2 is 1.84 bits per heavy atom. The van der Waals surface area contributed by atoms with Crippen molar-refractivity contribution in [1.82, 2.24) is 4.90 Å². The highest BCUT2D eigenvalue weighted by atomic mass is 19.1. The molecule has 0 spiro atoms. The van der Waals surface area contributed by atoms with Crippen LogP contribution in [0.5, 0.6) is 0 Å². The van der Waals surface area contributed by atoms with Gasteiger partial charge in [0, 0.05) is 12.6 Å². The fourth-order valence-corrected chi connectivity index (χ4v) is 2.91. The molecular weight excluding hydrogens is 241 g/mol. The number of halogens is 1. The van der Waals surface area contributed by atoms with Crippen molar-refractivity contribution < 1.29 is 9.18 Å². The van der Waals surface area contributed by atoms with E-state index < -0.39 is 0 Å². The fourth-order valence-electron chi connectivity index (χ4n) is 2.91. The molecule has 1 saturated carbocycles. The summed E-state index contributed by atoms with van der Waals surface area (Å²) in [6.07, 6.45) is 6.38. The van der Waals surface area contributed by atoms with Crippen molar-refractivity contribution >= 4 is 5.91 Å². The predicted molar refractivity (Wildman–Crippen MR) is 74.4 cm³/mol. The summed E-state index contributed by atoms with van der Waals surface area (Å²) >= 11 is 0. The van der Waals surface area contributed by atoms with Crippen molar-refractivity contribution in [2.45, 2.75) is 51.5 Å². The number of carbonyl (C=O) groups is 1. The maximum absolute atomic E-state index is 12.8. The van der Waals surface area contributed by atoms with Crippen molar-refractivity contribution in [3.63, 3.8) is 0 Å². The summed E-state index contributed by atoms with van der Waals surface area (Å²) in [5, 5.41) is 0. The number of nitrogens with zero attached hydrogens (tertiary/aromatic N) is 1. The van der Waals surface area contributed by atoms with Crippen LogP contribution in [-0.4, -0.2) is 23.4 Å². The SMILES string of the molecule is CCN(C(=O)Cc1ccc(F)cc1)C1CCCCC1. The first kappa shape index (κ1) is 14.0. The molecule has 104 valence electrons. The van der Waals surface area contributed by atoms with E-state index in [2.05, 4.69) is 0 Å². The van der Waals surface area contributed by atoms with E-state index in [9.17, 15) is 9.18 Å². The molecule has 0 bridgehead atoms. The number of rotatable bonds is 4. The van der Waals surface area contributed by atoms with Crippen molar-refractivity contribution in [3.8, 4) is 0 Å². The second kappa shape index (κ2) is 6.69. The van der Waals surface area contributed by atoms with Crippen molar-refractivity contribution in [1.29, 1.82) is 0 Å². The average Bonchev–Trinajstić information content (AvgIpc) is 2.43. The van der Waals surface area contributed by atoms with Crippen LogP contribution in [0, 0.1) is 5.82 Å². The molecule has 0 atom stereocenters. The Balaban J connectivity index is 1.97. The van der Waals surface area contributed by atoms with Gasteiger partial charge in [-0.1, -0.05) is 31.4 Å². The van der Waals surface area contributed by atoms with Crippen LogP contribution in [0.3, 0.4) is 0 Å². The van der Waals surface area contributed by atoms with Crippen LogP contribution in [0.15, 0.2) is 24.3 Å². The second-order valence-electron chi connectivity index (χ2n) is 5.27. The molecule has 19 heavy (non-hydrogen) atoms. The Morgan fingerprint density at radius 1 is 1.21 bits per heavy atom. The Hall–Kier alpha value is -1.38. The number of likely N-dealkylation sites (N-methyl/N-ethyl adjacent to an activating group) is 1. The summed E-state index contributed by atoms with van der Waals surface area (Å²) in [6, 6.07) is 6.63. The first-order chi connectivity index (χ1) is 9.20. The predicted octanol–water partition coefficient (Wildman–Crippen LogP) is 3.55. The van der Waals surface area contributed by atoms with Gasteiger partial charge in [0.1, 0.15) is 5.82 Å². The molecule has 1 amide bonds. The number of benzene rings is 1. The molecule has 0 saturated heterocycles. The third kappa shape index (κ3) is 3.79. The van der Waals surface area contributed by atoms with Crippen LogP contribution in [0.25, 0.3) is 0 Å². The lowest BCUT2D eigenvalue weighted by Crippen LogP contribution is -2.42. The Kier molecular flexibility index (Phi) is 4.94. The van der Waals surface area contributed by atoms with E-state index in [0.717, 1.165) is 24.9 Å². The highest BCUT2D eigenvalue weighted by molar-refractivity contribution is 5.79. The maximum atomic E-state index is 12.8. The monoisotopic (exact) mass is 263 g/mol. The fraction of sp³-hybridized carbons (Fsp3) is 0.562. The normalized spacial score (nSPS) is 16.3. The summed E-state index contributed by atoms with van der Waals surface area (Å²) in [5.74, 6) is -0.0863.